The molecule has 7 nitrogen and oxygen atoms in total. The summed E-state index contributed by atoms with van der Waals surface area (Å²) in [4.78, 5) is 25.6. The van der Waals surface area contributed by atoms with Gasteiger partial charge in [-0.1, -0.05) is 29.8 Å². The molecule has 9 heteroatoms. The van der Waals surface area contributed by atoms with Crippen LogP contribution in [0.15, 0.2) is 78.1 Å². The van der Waals surface area contributed by atoms with Crippen molar-refractivity contribution in [1.82, 2.24) is 24.1 Å². The molecule has 4 heterocycles. The number of hydrogen-bond acceptors (Lipinski definition) is 5. The summed E-state index contributed by atoms with van der Waals surface area (Å²) in [5.74, 6) is 0. The minimum atomic E-state index is -2.12. The monoisotopic (exact) mass is 484 g/mol. The molecule has 0 aliphatic heterocycles. The molecule has 35 heavy (non-hydrogen) atoms. The van der Waals surface area contributed by atoms with Crippen molar-refractivity contribution in [2.75, 3.05) is 0 Å². The van der Waals surface area contributed by atoms with Crippen LogP contribution in [0.5, 0.6) is 0 Å². The molecule has 0 N–H and O–H groups in total. The van der Waals surface area contributed by atoms with Gasteiger partial charge in [-0.3, -0.25) is 9.36 Å². The summed E-state index contributed by atoms with van der Waals surface area (Å²) >= 11 is 6.07. The van der Waals surface area contributed by atoms with E-state index in [9.17, 15) is 10.1 Å². The second-order valence-electron chi connectivity index (χ2n) is 8.13. The number of halogens is 2. The first-order valence-electron chi connectivity index (χ1n) is 10.6. The number of nitriles is 1. The number of aromatic nitrogens is 5. The highest BCUT2D eigenvalue weighted by atomic mass is 35.5. The van der Waals surface area contributed by atoms with Crippen LogP contribution in [0.2, 0.25) is 5.02 Å². The van der Waals surface area contributed by atoms with Crippen LogP contribution >= 0.6 is 11.6 Å². The van der Waals surface area contributed by atoms with Crippen LogP contribution in [0.25, 0.3) is 22.3 Å². The van der Waals surface area contributed by atoms with Crippen LogP contribution in [-0.4, -0.2) is 24.1 Å². The first-order valence-corrected chi connectivity index (χ1v) is 11.0. The van der Waals surface area contributed by atoms with Crippen molar-refractivity contribution in [2.24, 2.45) is 14.1 Å². The maximum absolute atomic E-state index is 17.3. The maximum atomic E-state index is 17.3. The number of aryl methyl sites for hydroxylation is 2. The van der Waals surface area contributed by atoms with E-state index in [1.165, 1.54) is 29.4 Å². The van der Waals surface area contributed by atoms with E-state index in [0.29, 0.717) is 38.6 Å². The van der Waals surface area contributed by atoms with Gasteiger partial charge in [0, 0.05) is 47.9 Å². The van der Waals surface area contributed by atoms with Crippen LogP contribution in [0, 0.1) is 11.3 Å². The van der Waals surface area contributed by atoms with E-state index in [1.807, 2.05) is 6.07 Å². The number of benzene rings is 1. The lowest BCUT2D eigenvalue weighted by atomic mass is 9.85. The van der Waals surface area contributed by atoms with Crippen LogP contribution in [0.3, 0.4) is 0 Å². The standard InChI is InChI=1S/C26H18ClFN6O/c1-33-15-30-14-23(33)26(28,16-6-8-18(27)9-7-16)17-10-21-20(22-5-3-4-19(12-29)32-22)11-24(35)34(2)25(21)31-13-17/h3-11,13-15H,1-2H3/t26-/m1/s1. The summed E-state index contributed by atoms with van der Waals surface area (Å²) in [5, 5.41) is 10.3. The molecule has 0 radical (unpaired) electrons. The fourth-order valence-electron chi connectivity index (χ4n) is 4.20. The van der Waals surface area contributed by atoms with Gasteiger partial charge in [0.05, 0.1) is 23.9 Å². The lowest BCUT2D eigenvalue weighted by Gasteiger charge is -2.27. The van der Waals surface area contributed by atoms with Crippen molar-refractivity contribution in [3.05, 3.63) is 111 Å². The number of nitrogens with zero attached hydrogens (tertiary/aromatic N) is 6. The Morgan fingerprint density at radius 1 is 1.06 bits per heavy atom. The Labute approximate surface area is 204 Å². The summed E-state index contributed by atoms with van der Waals surface area (Å²) in [6, 6.07) is 16.6. The van der Waals surface area contributed by atoms with Crippen molar-refractivity contribution >= 4 is 22.6 Å². The van der Waals surface area contributed by atoms with Gasteiger partial charge in [-0.25, -0.2) is 19.3 Å². The molecule has 172 valence electrons. The highest BCUT2D eigenvalue weighted by Gasteiger charge is 2.40. The van der Waals surface area contributed by atoms with Gasteiger partial charge in [-0.2, -0.15) is 5.26 Å². The molecule has 4 aromatic heterocycles. The molecule has 1 aromatic carbocycles. The fraction of sp³-hybridized carbons (Fsp3) is 0.115. The second kappa shape index (κ2) is 8.46. The van der Waals surface area contributed by atoms with Crippen LogP contribution in [0.4, 0.5) is 4.39 Å². The Balaban J connectivity index is 1.84. The van der Waals surface area contributed by atoms with Crippen LogP contribution in [-0.2, 0) is 19.8 Å². The second-order valence-corrected chi connectivity index (χ2v) is 8.56. The van der Waals surface area contributed by atoms with Gasteiger partial charge in [-0.15, -0.1) is 0 Å². The van der Waals surface area contributed by atoms with E-state index in [2.05, 4.69) is 15.0 Å². The maximum Gasteiger partial charge on any atom is 0.252 e. The predicted molar refractivity (Wildman–Crippen MR) is 131 cm³/mol. The topological polar surface area (TPSA) is 89.4 Å². The normalized spacial score (nSPS) is 12.9. The van der Waals surface area contributed by atoms with E-state index >= 15 is 4.39 Å². The first-order chi connectivity index (χ1) is 16.8. The van der Waals surface area contributed by atoms with Gasteiger partial charge in [0.15, 0.2) is 0 Å². The van der Waals surface area contributed by atoms with Gasteiger partial charge < -0.3 is 4.57 Å². The highest BCUT2D eigenvalue weighted by molar-refractivity contribution is 6.30. The van der Waals surface area contributed by atoms with E-state index in [4.69, 9.17) is 11.6 Å². The number of imidazole rings is 1. The molecule has 0 aliphatic carbocycles. The fourth-order valence-corrected chi connectivity index (χ4v) is 4.33. The van der Waals surface area contributed by atoms with Crippen molar-refractivity contribution in [3.63, 3.8) is 0 Å². The van der Waals surface area contributed by atoms with E-state index in [0.717, 1.165) is 0 Å². The summed E-state index contributed by atoms with van der Waals surface area (Å²) < 4.78 is 20.3. The molecule has 5 aromatic rings. The van der Waals surface area contributed by atoms with Gasteiger partial charge in [0.1, 0.15) is 17.4 Å². The molecule has 0 aliphatic rings. The van der Waals surface area contributed by atoms with Gasteiger partial charge in [0.2, 0.25) is 5.67 Å². The third-order valence-corrected chi connectivity index (χ3v) is 6.27. The molecule has 0 saturated carbocycles. The smallest absolute Gasteiger partial charge is 0.252 e. The molecule has 0 spiro atoms. The molecule has 0 unspecified atom stereocenters. The molecule has 1 atom stereocenters. The number of alkyl halides is 1. The quantitative estimate of drug-likeness (QED) is 0.374. The Morgan fingerprint density at radius 3 is 2.51 bits per heavy atom. The Hall–Kier alpha value is -4.35. The van der Waals surface area contributed by atoms with Crippen molar-refractivity contribution in [2.45, 2.75) is 5.67 Å². The molecular formula is C26H18ClFN6O. The summed E-state index contributed by atoms with van der Waals surface area (Å²) in [6.07, 6.45) is 4.42. The zero-order valence-corrected chi connectivity index (χ0v) is 19.5. The average Bonchev–Trinajstić information content (AvgIpc) is 3.32. The van der Waals surface area contributed by atoms with Gasteiger partial charge >= 0.3 is 0 Å². The third-order valence-electron chi connectivity index (χ3n) is 6.02. The average molecular weight is 485 g/mol. The lowest BCUT2D eigenvalue weighted by molar-refractivity contribution is 0.266. The van der Waals surface area contributed by atoms with Gasteiger partial charge in [-0.05, 0) is 35.9 Å². The van der Waals surface area contributed by atoms with Crippen LogP contribution in [0.1, 0.15) is 22.5 Å². The largest absolute Gasteiger partial charge is 0.334 e. The molecule has 0 bridgehead atoms. The number of rotatable bonds is 4. The zero-order valence-electron chi connectivity index (χ0n) is 18.8. The molecule has 5 rings (SSSR count). The first kappa shape index (κ1) is 22.4. The van der Waals surface area contributed by atoms with E-state index in [1.54, 1.807) is 67.2 Å². The SMILES string of the molecule is Cn1cncc1[C@@](F)(c1ccc(Cl)cc1)c1cnc2c(c1)c(-c1cccc(C#N)n1)cc(=O)n2C. The van der Waals surface area contributed by atoms with E-state index in [-0.39, 0.29) is 16.8 Å². The molecular weight excluding hydrogens is 467 g/mol. The van der Waals surface area contributed by atoms with E-state index < -0.39 is 5.67 Å². The number of hydrogen-bond donors (Lipinski definition) is 0. The predicted octanol–water partition coefficient (Wildman–Crippen LogP) is 4.52. The molecule has 0 saturated heterocycles. The third kappa shape index (κ3) is 3.66. The number of pyridine rings is 3. The Bertz CT molecular complexity index is 1690. The minimum Gasteiger partial charge on any atom is -0.334 e. The summed E-state index contributed by atoms with van der Waals surface area (Å²) in [6.45, 7) is 0. The Morgan fingerprint density at radius 2 is 1.83 bits per heavy atom. The van der Waals surface area contributed by atoms with Gasteiger partial charge in [0.25, 0.3) is 5.56 Å². The minimum absolute atomic E-state index is 0.205. The van der Waals surface area contributed by atoms with Crippen molar-refractivity contribution in [1.29, 1.82) is 5.26 Å². The summed E-state index contributed by atoms with van der Waals surface area (Å²) in [7, 11) is 3.32. The molecule has 0 amide bonds. The van der Waals surface area contributed by atoms with Crippen molar-refractivity contribution in [3.8, 4) is 17.3 Å². The number of fused-ring (bicyclic) bond motifs is 1. The molecule has 0 fully saturated rings. The van der Waals surface area contributed by atoms with Crippen molar-refractivity contribution < 1.29 is 4.39 Å². The lowest BCUT2D eigenvalue weighted by Crippen LogP contribution is -2.27. The zero-order chi connectivity index (χ0) is 24.7. The highest BCUT2D eigenvalue weighted by Crippen LogP contribution is 2.42. The van der Waals surface area contributed by atoms with Crippen LogP contribution < -0.4 is 5.56 Å². The summed E-state index contributed by atoms with van der Waals surface area (Å²) in [5.41, 5.74) is -0.0785. The Kier molecular flexibility index (Phi) is 5.42.